The van der Waals surface area contributed by atoms with Gasteiger partial charge in [-0.1, -0.05) is 38.1 Å². The number of hydrogen-bond donors (Lipinski definition) is 1. The molecule has 1 amide bonds. The van der Waals surface area contributed by atoms with Gasteiger partial charge in [0.25, 0.3) is 5.91 Å². The Hall–Kier alpha value is -2.49. The van der Waals surface area contributed by atoms with Gasteiger partial charge in [0.15, 0.2) is 18.1 Å². The van der Waals surface area contributed by atoms with Gasteiger partial charge in [0.05, 0.1) is 6.61 Å². The lowest BCUT2D eigenvalue weighted by Crippen LogP contribution is -2.20. The Kier molecular flexibility index (Phi) is 6.03. The molecule has 4 nitrogen and oxygen atoms in total. The van der Waals surface area contributed by atoms with Crippen LogP contribution in [0.5, 0.6) is 11.5 Å². The first-order valence-electron chi connectivity index (χ1n) is 7.84. The summed E-state index contributed by atoms with van der Waals surface area (Å²) in [5, 5.41) is 2.83. The van der Waals surface area contributed by atoms with Crippen LogP contribution < -0.4 is 14.8 Å². The van der Waals surface area contributed by atoms with Gasteiger partial charge in [0.2, 0.25) is 0 Å². The van der Waals surface area contributed by atoms with Crippen molar-refractivity contribution in [2.24, 2.45) is 0 Å². The van der Waals surface area contributed by atoms with Gasteiger partial charge in [-0.15, -0.1) is 0 Å². The van der Waals surface area contributed by atoms with E-state index in [2.05, 4.69) is 19.2 Å². The molecule has 0 radical (unpaired) electrons. The third kappa shape index (κ3) is 5.02. The maximum atomic E-state index is 12.0. The molecule has 0 aliphatic heterocycles. The molecular formula is C19H23NO3. The van der Waals surface area contributed by atoms with E-state index in [1.54, 1.807) is 6.07 Å². The molecule has 0 saturated heterocycles. The van der Waals surface area contributed by atoms with Crippen LogP contribution in [-0.2, 0) is 4.79 Å². The molecule has 1 N–H and O–H groups in total. The van der Waals surface area contributed by atoms with E-state index in [4.69, 9.17) is 9.47 Å². The molecule has 0 heterocycles. The number of carbonyl (C=O) groups is 1. The molecule has 4 heteroatoms. The molecule has 0 saturated carbocycles. The minimum absolute atomic E-state index is 0.0595. The van der Waals surface area contributed by atoms with Crippen LogP contribution in [0.15, 0.2) is 48.5 Å². The van der Waals surface area contributed by atoms with E-state index in [9.17, 15) is 4.79 Å². The molecule has 2 aromatic rings. The summed E-state index contributed by atoms with van der Waals surface area (Å²) in [6.07, 6.45) is 0. The lowest BCUT2D eigenvalue weighted by atomic mass is 10.0. The lowest BCUT2D eigenvalue weighted by molar-refractivity contribution is -0.118. The minimum atomic E-state index is -0.200. The van der Waals surface area contributed by atoms with Crippen molar-refractivity contribution >= 4 is 11.6 Å². The fraction of sp³-hybridized carbons (Fsp3) is 0.316. The summed E-state index contributed by atoms with van der Waals surface area (Å²) < 4.78 is 11.0. The Morgan fingerprint density at radius 2 is 1.61 bits per heavy atom. The Morgan fingerprint density at radius 3 is 2.17 bits per heavy atom. The molecule has 0 bridgehead atoms. The molecule has 2 rings (SSSR count). The highest BCUT2D eigenvalue weighted by Gasteiger charge is 2.08. The van der Waals surface area contributed by atoms with Gasteiger partial charge >= 0.3 is 0 Å². The van der Waals surface area contributed by atoms with E-state index >= 15 is 0 Å². The number of amides is 1. The zero-order valence-electron chi connectivity index (χ0n) is 13.8. The van der Waals surface area contributed by atoms with E-state index in [1.165, 1.54) is 5.56 Å². The van der Waals surface area contributed by atoms with Gasteiger partial charge in [0, 0.05) is 5.69 Å². The molecule has 122 valence electrons. The van der Waals surface area contributed by atoms with Crippen LogP contribution in [-0.4, -0.2) is 19.1 Å². The van der Waals surface area contributed by atoms with Gasteiger partial charge in [-0.05, 0) is 42.7 Å². The highest BCUT2D eigenvalue weighted by atomic mass is 16.5. The number of rotatable bonds is 7. The van der Waals surface area contributed by atoms with Crippen molar-refractivity contribution in [3.05, 3.63) is 54.1 Å². The minimum Gasteiger partial charge on any atom is -0.490 e. The zero-order chi connectivity index (χ0) is 16.7. The van der Waals surface area contributed by atoms with Crippen molar-refractivity contribution in [3.8, 4) is 11.5 Å². The molecule has 0 unspecified atom stereocenters. The molecule has 0 aliphatic carbocycles. The molecule has 0 spiro atoms. The number of anilines is 1. The molecule has 0 aliphatic rings. The maximum Gasteiger partial charge on any atom is 0.262 e. The van der Waals surface area contributed by atoms with Crippen molar-refractivity contribution in [2.45, 2.75) is 26.7 Å². The first kappa shape index (κ1) is 16.9. The van der Waals surface area contributed by atoms with Crippen LogP contribution in [0.3, 0.4) is 0 Å². The fourth-order valence-corrected chi connectivity index (χ4v) is 2.14. The van der Waals surface area contributed by atoms with Crippen LogP contribution >= 0.6 is 0 Å². The Labute approximate surface area is 137 Å². The van der Waals surface area contributed by atoms with E-state index in [0.717, 1.165) is 5.69 Å². The van der Waals surface area contributed by atoms with Crippen molar-refractivity contribution in [2.75, 3.05) is 18.5 Å². The number of para-hydroxylation sites is 2. The third-order valence-corrected chi connectivity index (χ3v) is 3.37. The quantitative estimate of drug-likeness (QED) is 0.832. The first-order valence-corrected chi connectivity index (χ1v) is 7.84. The van der Waals surface area contributed by atoms with Gasteiger partial charge in [0.1, 0.15) is 0 Å². The average Bonchev–Trinajstić information content (AvgIpc) is 2.55. The third-order valence-electron chi connectivity index (χ3n) is 3.37. The van der Waals surface area contributed by atoms with Gasteiger partial charge < -0.3 is 14.8 Å². The lowest BCUT2D eigenvalue weighted by Gasteiger charge is -2.12. The van der Waals surface area contributed by atoms with E-state index in [0.29, 0.717) is 24.0 Å². The van der Waals surface area contributed by atoms with Crippen molar-refractivity contribution in [3.63, 3.8) is 0 Å². The maximum absolute atomic E-state index is 12.0. The molecule has 23 heavy (non-hydrogen) atoms. The van der Waals surface area contributed by atoms with Crippen LogP contribution in [0.25, 0.3) is 0 Å². The highest BCUT2D eigenvalue weighted by Crippen LogP contribution is 2.26. The summed E-state index contributed by atoms with van der Waals surface area (Å²) in [6.45, 7) is 6.67. The first-order chi connectivity index (χ1) is 11.1. The molecule has 0 fully saturated rings. The number of carbonyl (C=O) groups excluding carboxylic acids is 1. The van der Waals surface area contributed by atoms with Crippen molar-refractivity contribution < 1.29 is 14.3 Å². The van der Waals surface area contributed by atoms with E-state index in [-0.39, 0.29) is 12.5 Å². The summed E-state index contributed by atoms with van der Waals surface area (Å²) in [4.78, 5) is 12.0. The standard InChI is InChI=1S/C19H23NO3/c1-4-22-17-7-5-6-8-18(17)23-13-19(21)20-16-11-9-15(10-12-16)14(2)3/h5-12,14H,4,13H2,1-3H3,(H,20,21). The Morgan fingerprint density at radius 1 is 1.00 bits per heavy atom. The average molecular weight is 313 g/mol. The van der Waals surface area contributed by atoms with E-state index in [1.807, 2.05) is 49.4 Å². The van der Waals surface area contributed by atoms with Gasteiger partial charge in [-0.25, -0.2) is 0 Å². The predicted molar refractivity (Wildman–Crippen MR) is 92.3 cm³/mol. The monoisotopic (exact) mass is 313 g/mol. The SMILES string of the molecule is CCOc1ccccc1OCC(=O)Nc1ccc(C(C)C)cc1. The second-order valence-corrected chi connectivity index (χ2v) is 5.49. The van der Waals surface area contributed by atoms with Crippen molar-refractivity contribution in [1.29, 1.82) is 0 Å². The highest BCUT2D eigenvalue weighted by molar-refractivity contribution is 5.91. The Balaban J connectivity index is 1.90. The summed E-state index contributed by atoms with van der Waals surface area (Å²) >= 11 is 0. The zero-order valence-corrected chi connectivity index (χ0v) is 13.8. The fourth-order valence-electron chi connectivity index (χ4n) is 2.14. The topological polar surface area (TPSA) is 47.6 Å². The van der Waals surface area contributed by atoms with Gasteiger partial charge in [-0.2, -0.15) is 0 Å². The summed E-state index contributed by atoms with van der Waals surface area (Å²) in [5.41, 5.74) is 2.01. The molecule has 0 atom stereocenters. The summed E-state index contributed by atoms with van der Waals surface area (Å²) in [7, 11) is 0. The summed E-state index contributed by atoms with van der Waals surface area (Å²) in [5.74, 6) is 1.48. The van der Waals surface area contributed by atoms with Crippen LogP contribution in [0, 0.1) is 0 Å². The van der Waals surface area contributed by atoms with Gasteiger partial charge in [-0.3, -0.25) is 4.79 Å². The number of benzene rings is 2. The normalized spacial score (nSPS) is 10.4. The van der Waals surface area contributed by atoms with E-state index < -0.39 is 0 Å². The smallest absolute Gasteiger partial charge is 0.262 e. The largest absolute Gasteiger partial charge is 0.490 e. The number of nitrogens with one attached hydrogen (secondary N) is 1. The predicted octanol–water partition coefficient (Wildman–Crippen LogP) is 4.23. The summed E-state index contributed by atoms with van der Waals surface area (Å²) in [6, 6.07) is 15.2. The molecule has 2 aromatic carbocycles. The van der Waals surface area contributed by atoms with Crippen LogP contribution in [0.2, 0.25) is 0 Å². The van der Waals surface area contributed by atoms with Crippen molar-refractivity contribution in [1.82, 2.24) is 0 Å². The molecular weight excluding hydrogens is 290 g/mol. The van der Waals surface area contributed by atoms with Crippen LogP contribution in [0.4, 0.5) is 5.69 Å². The van der Waals surface area contributed by atoms with Crippen LogP contribution in [0.1, 0.15) is 32.3 Å². The second kappa shape index (κ2) is 8.22. The number of ether oxygens (including phenoxy) is 2. The molecule has 0 aromatic heterocycles. The Bertz CT molecular complexity index is 635. The second-order valence-electron chi connectivity index (χ2n) is 5.49. The number of hydrogen-bond acceptors (Lipinski definition) is 3.